The first-order valence-corrected chi connectivity index (χ1v) is 9.00. The Labute approximate surface area is 162 Å². The molecule has 1 aliphatic rings. The number of fused-ring (bicyclic) bond motifs is 1. The fraction of sp³-hybridized carbons (Fsp3) is 0.300. The highest BCUT2D eigenvalue weighted by atomic mass is 16.6. The predicted octanol–water partition coefficient (Wildman–Crippen LogP) is 2.99. The normalized spacial score (nSPS) is 15.2. The highest BCUT2D eigenvalue weighted by Crippen LogP contribution is 2.29. The highest BCUT2D eigenvalue weighted by Gasteiger charge is 2.22. The van der Waals surface area contributed by atoms with Crippen LogP contribution in [0, 0.1) is 10.1 Å². The van der Waals surface area contributed by atoms with Gasteiger partial charge in [-0.05, 0) is 42.5 Å². The van der Waals surface area contributed by atoms with Gasteiger partial charge < -0.3 is 15.4 Å². The number of nitrogens with one attached hydrogen (secondary N) is 2. The van der Waals surface area contributed by atoms with Gasteiger partial charge in [0.25, 0.3) is 11.6 Å². The summed E-state index contributed by atoms with van der Waals surface area (Å²) < 4.78 is 5.03. The van der Waals surface area contributed by atoms with Crippen molar-refractivity contribution in [2.24, 2.45) is 0 Å². The molecular weight excluding hydrogens is 362 g/mol. The molecular formula is C20H21N3O5. The van der Waals surface area contributed by atoms with Crippen molar-refractivity contribution in [1.82, 2.24) is 5.32 Å². The fourth-order valence-corrected chi connectivity index (χ4v) is 3.38. The average Bonchev–Trinajstić information content (AvgIpc) is 2.71. The average molecular weight is 383 g/mol. The highest BCUT2D eigenvalue weighted by molar-refractivity contribution is 5.93. The van der Waals surface area contributed by atoms with E-state index in [1.807, 2.05) is 18.2 Å². The number of carbonyl (C=O) groups is 2. The van der Waals surface area contributed by atoms with Crippen molar-refractivity contribution in [1.29, 1.82) is 0 Å². The van der Waals surface area contributed by atoms with Crippen molar-refractivity contribution in [3.63, 3.8) is 0 Å². The number of nitro benzene ring substituents is 1. The SMILES string of the molecule is CNc1ccc(C(=O)OCC(=O)N[C@@H]2CCCc3ccccc32)cc1[N+](=O)[O-]. The summed E-state index contributed by atoms with van der Waals surface area (Å²) in [6, 6.07) is 11.8. The molecule has 1 atom stereocenters. The third-order valence-electron chi connectivity index (χ3n) is 4.74. The maximum atomic E-state index is 12.2. The Kier molecular flexibility index (Phi) is 5.88. The summed E-state index contributed by atoms with van der Waals surface area (Å²) in [5.41, 5.74) is 2.37. The van der Waals surface area contributed by atoms with Gasteiger partial charge in [-0.15, -0.1) is 0 Å². The van der Waals surface area contributed by atoms with Crippen LogP contribution in [0.2, 0.25) is 0 Å². The summed E-state index contributed by atoms with van der Waals surface area (Å²) >= 11 is 0. The number of amides is 1. The molecule has 0 fully saturated rings. The molecule has 2 aromatic carbocycles. The number of nitrogens with zero attached hydrogens (tertiary/aromatic N) is 1. The van der Waals surface area contributed by atoms with Crippen LogP contribution in [-0.2, 0) is 16.0 Å². The molecule has 1 aliphatic carbocycles. The van der Waals surface area contributed by atoms with E-state index in [2.05, 4.69) is 16.7 Å². The standard InChI is InChI=1S/C20H21N3O5/c1-21-17-10-9-14(11-18(17)23(26)27)20(25)28-12-19(24)22-16-8-4-6-13-5-2-3-7-15(13)16/h2-3,5,7,9-11,16,21H,4,6,8,12H2,1H3,(H,22,24)/t16-/m1/s1. The molecule has 0 aliphatic heterocycles. The number of ether oxygens (including phenoxy) is 1. The van der Waals surface area contributed by atoms with E-state index in [0.29, 0.717) is 0 Å². The second kappa shape index (κ2) is 8.51. The van der Waals surface area contributed by atoms with Crippen LogP contribution in [0.5, 0.6) is 0 Å². The molecule has 0 heterocycles. The molecule has 0 saturated heterocycles. The molecule has 0 spiro atoms. The summed E-state index contributed by atoms with van der Waals surface area (Å²) in [5.74, 6) is -1.19. The minimum absolute atomic E-state index is 0.0153. The molecule has 0 unspecified atom stereocenters. The Bertz CT molecular complexity index is 912. The van der Waals surface area contributed by atoms with E-state index in [1.165, 1.54) is 17.7 Å². The van der Waals surface area contributed by atoms with E-state index in [0.717, 1.165) is 30.9 Å². The minimum Gasteiger partial charge on any atom is -0.452 e. The Morgan fingerprint density at radius 1 is 1.25 bits per heavy atom. The molecule has 0 bridgehead atoms. The Balaban J connectivity index is 1.60. The van der Waals surface area contributed by atoms with Crippen molar-refractivity contribution >= 4 is 23.3 Å². The quantitative estimate of drug-likeness (QED) is 0.451. The van der Waals surface area contributed by atoms with Gasteiger partial charge in [-0.3, -0.25) is 14.9 Å². The number of hydrogen-bond acceptors (Lipinski definition) is 6. The number of esters is 1. The van der Waals surface area contributed by atoms with Gasteiger partial charge in [0.2, 0.25) is 0 Å². The van der Waals surface area contributed by atoms with Gasteiger partial charge in [0, 0.05) is 13.1 Å². The lowest BCUT2D eigenvalue weighted by atomic mass is 9.88. The maximum Gasteiger partial charge on any atom is 0.338 e. The van der Waals surface area contributed by atoms with Crippen LogP contribution in [0.3, 0.4) is 0 Å². The van der Waals surface area contributed by atoms with E-state index in [4.69, 9.17) is 4.74 Å². The van der Waals surface area contributed by atoms with Crippen LogP contribution in [0.15, 0.2) is 42.5 Å². The number of carbonyl (C=O) groups excluding carboxylic acids is 2. The van der Waals surface area contributed by atoms with Crippen molar-refractivity contribution in [3.05, 3.63) is 69.3 Å². The molecule has 2 aromatic rings. The molecule has 146 valence electrons. The van der Waals surface area contributed by atoms with Crippen molar-refractivity contribution < 1.29 is 19.2 Å². The van der Waals surface area contributed by atoms with Gasteiger partial charge in [0.15, 0.2) is 6.61 Å². The second-order valence-electron chi connectivity index (χ2n) is 6.53. The second-order valence-corrected chi connectivity index (χ2v) is 6.53. The first-order chi connectivity index (χ1) is 13.5. The van der Waals surface area contributed by atoms with Gasteiger partial charge >= 0.3 is 5.97 Å². The maximum absolute atomic E-state index is 12.2. The lowest BCUT2D eigenvalue weighted by Gasteiger charge is -2.26. The molecule has 0 aromatic heterocycles. The molecule has 1 amide bonds. The van der Waals surface area contributed by atoms with E-state index in [1.54, 1.807) is 7.05 Å². The Morgan fingerprint density at radius 2 is 2.04 bits per heavy atom. The van der Waals surface area contributed by atoms with Crippen molar-refractivity contribution in [2.45, 2.75) is 25.3 Å². The first kappa shape index (κ1) is 19.3. The van der Waals surface area contributed by atoms with Crippen LogP contribution in [-0.4, -0.2) is 30.5 Å². The first-order valence-electron chi connectivity index (χ1n) is 9.00. The van der Waals surface area contributed by atoms with Crippen molar-refractivity contribution in [3.8, 4) is 0 Å². The number of benzene rings is 2. The van der Waals surface area contributed by atoms with Crippen LogP contribution < -0.4 is 10.6 Å². The minimum atomic E-state index is -0.787. The zero-order valence-electron chi connectivity index (χ0n) is 15.4. The summed E-state index contributed by atoms with van der Waals surface area (Å²) in [5, 5.41) is 16.7. The zero-order chi connectivity index (χ0) is 20.1. The summed E-state index contributed by atoms with van der Waals surface area (Å²) in [7, 11) is 1.55. The van der Waals surface area contributed by atoms with Crippen LogP contribution in [0.1, 0.15) is 40.4 Å². The molecule has 3 rings (SSSR count). The van der Waals surface area contributed by atoms with Crippen LogP contribution in [0.25, 0.3) is 0 Å². The number of anilines is 1. The Hall–Kier alpha value is -3.42. The van der Waals surface area contributed by atoms with E-state index < -0.39 is 23.4 Å². The number of nitro groups is 1. The van der Waals surface area contributed by atoms with Gasteiger partial charge in [-0.25, -0.2) is 4.79 Å². The van der Waals surface area contributed by atoms with E-state index in [-0.39, 0.29) is 23.0 Å². The molecule has 8 heteroatoms. The van der Waals surface area contributed by atoms with Crippen LogP contribution in [0.4, 0.5) is 11.4 Å². The number of aryl methyl sites for hydroxylation is 1. The summed E-state index contributed by atoms with van der Waals surface area (Å²) in [4.78, 5) is 34.9. The van der Waals surface area contributed by atoms with E-state index >= 15 is 0 Å². The topological polar surface area (TPSA) is 111 Å². The monoisotopic (exact) mass is 383 g/mol. The third-order valence-corrected chi connectivity index (χ3v) is 4.74. The molecule has 8 nitrogen and oxygen atoms in total. The van der Waals surface area contributed by atoms with Crippen LogP contribution >= 0.6 is 0 Å². The smallest absolute Gasteiger partial charge is 0.338 e. The van der Waals surface area contributed by atoms with Gasteiger partial charge in [0.1, 0.15) is 5.69 Å². The molecule has 28 heavy (non-hydrogen) atoms. The lowest BCUT2D eigenvalue weighted by molar-refractivity contribution is -0.384. The fourth-order valence-electron chi connectivity index (χ4n) is 3.38. The van der Waals surface area contributed by atoms with Crippen molar-refractivity contribution in [2.75, 3.05) is 19.0 Å². The molecule has 2 N–H and O–H groups in total. The summed E-state index contributed by atoms with van der Waals surface area (Å²) in [6.07, 6.45) is 2.79. The largest absolute Gasteiger partial charge is 0.452 e. The molecule has 0 saturated carbocycles. The van der Waals surface area contributed by atoms with Gasteiger partial charge in [-0.2, -0.15) is 0 Å². The van der Waals surface area contributed by atoms with E-state index in [9.17, 15) is 19.7 Å². The summed E-state index contributed by atoms with van der Waals surface area (Å²) in [6.45, 7) is -0.445. The number of hydrogen-bond donors (Lipinski definition) is 2. The van der Waals surface area contributed by atoms with Gasteiger partial charge in [-0.1, -0.05) is 24.3 Å². The lowest BCUT2D eigenvalue weighted by Crippen LogP contribution is -2.34. The molecule has 0 radical (unpaired) electrons. The van der Waals surface area contributed by atoms with Gasteiger partial charge in [0.05, 0.1) is 16.5 Å². The number of rotatable bonds is 6. The third kappa shape index (κ3) is 4.28. The zero-order valence-corrected chi connectivity index (χ0v) is 15.4. The predicted molar refractivity (Wildman–Crippen MR) is 103 cm³/mol. The Morgan fingerprint density at radius 3 is 2.79 bits per heavy atom.